The molecular formula is C27H45N5O4. The number of benzene rings is 1. The van der Waals surface area contributed by atoms with E-state index in [1.807, 2.05) is 58.0 Å². The van der Waals surface area contributed by atoms with Gasteiger partial charge in [-0.05, 0) is 56.0 Å². The van der Waals surface area contributed by atoms with Crippen LogP contribution in [0.1, 0.15) is 84.1 Å². The highest BCUT2D eigenvalue weighted by atomic mass is 16.2. The summed E-state index contributed by atoms with van der Waals surface area (Å²) in [5.41, 5.74) is 16.8. The van der Waals surface area contributed by atoms with Gasteiger partial charge in [-0.15, -0.1) is 0 Å². The van der Waals surface area contributed by atoms with Crippen molar-refractivity contribution in [1.29, 1.82) is 0 Å². The molecule has 9 heteroatoms. The highest BCUT2D eigenvalue weighted by Gasteiger charge is 2.43. The fraction of sp³-hybridized carbons (Fsp3) is 0.630. The van der Waals surface area contributed by atoms with E-state index in [4.69, 9.17) is 17.2 Å². The number of carbonyl (C=O) groups excluding carboxylic acids is 4. The fourth-order valence-corrected chi connectivity index (χ4v) is 4.12. The summed E-state index contributed by atoms with van der Waals surface area (Å²) >= 11 is 0. The number of amides is 3. The van der Waals surface area contributed by atoms with Gasteiger partial charge < -0.3 is 27.8 Å². The van der Waals surface area contributed by atoms with Crippen molar-refractivity contribution >= 4 is 23.5 Å². The summed E-state index contributed by atoms with van der Waals surface area (Å²) in [6, 6.07) is 7.74. The topological polar surface area (TPSA) is 170 Å². The Hall–Kier alpha value is -2.78. The van der Waals surface area contributed by atoms with Crippen molar-refractivity contribution in [3.05, 3.63) is 35.9 Å². The van der Waals surface area contributed by atoms with E-state index in [0.717, 1.165) is 5.56 Å². The maximum atomic E-state index is 13.4. The molecule has 0 saturated carbocycles. The Kier molecular flexibility index (Phi) is 13.3. The quantitative estimate of drug-likeness (QED) is 0.160. The number of primary amides is 1. The normalized spacial score (nSPS) is 15.4. The van der Waals surface area contributed by atoms with Crippen molar-refractivity contribution in [2.45, 2.75) is 96.2 Å². The van der Waals surface area contributed by atoms with Crippen LogP contribution < -0.4 is 27.8 Å². The molecule has 1 rings (SSSR count). The Morgan fingerprint density at radius 1 is 0.972 bits per heavy atom. The van der Waals surface area contributed by atoms with Gasteiger partial charge in [0.15, 0.2) is 11.3 Å². The summed E-state index contributed by atoms with van der Waals surface area (Å²) in [5, 5.41) is 5.35. The first-order valence-corrected chi connectivity index (χ1v) is 12.9. The number of rotatable bonds is 17. The third-order valence-corrected chi connectivity index (χ3v) is 6.35. The zero-order valence-electron chi connectivity index (χ0n) is 22.2. The van der Waals surface area contributed by atoms with Gasteiger partial charge in [-0.25, -0.2) is 0 Å². The molecule has 1 aromatic carbocycles. The molecule has 202 valence electrons. The standard InChI is InChI=1S/C27H45N5O4/c1-5-11-21(25(35)31-22(24(29)34)16-18(2)3)32-26(36)27(30,14-9-10-15-28)23(33)17-19(4)20-12-7-6-8-13-20/h6-8,12-13,18-19,21-22H,5,9-11,14-17,28,30H2,1-4H3,(H2,29,34)(H,31,35)(H,32,36)/t19-,21-,22-,27+/m0/s1. The van der Waals surface area contributed by atoms with Crippen LogP contribution in [0.4, 0.5) is 0 Å². The second-order valence-electron chi connectivity index (χ2n) is 10.1. The fourth-order valence-electron chi connectivity index (χ4n) is 4.12. The first kappa shape index (κ1) is 31.3. The van der Waals surface area contributed by atoms with Gasteiger partial charge >= 0.3 is 0 Å². The average Bonchev–Trinajstić information content (AvgIpc) is 2.83. The van der Waals surface area contributed by atoms with Crippen LogP contribution in [0.5, 0.6) is 0 Å². The summed E-state index contributed by atoms with van der Waals surface area (Å²) in [4.78, 5) is 51.7. The molecule has 0 aliphatic carbocycles. The van der Waals surface area contributed by atoms with Gasteiger partial charge in [0.25, 0.3) is 0 Å². The Morgan fingerprint density at radius 2 is 1.61 bits per heavy atom. The summed E-state index contributed by atoms with van der Waals surface area (Å²) in [6.45, 7) is 8.03. The zero-order valence-corrected chi connectivity index (χ0v) is 22.2. The van der Waals surface area contributed by atoms with Crippen LogP contribution >= 0.6 is 0 Å². The number of ketones is 1. The van der Waals surface area contributed by atoms with Crippen molar-refractivity contribution in [2.75, 3.05) is 6.54 Å². The average molecular weight is 504 g/mol. The SMILES string of the molecule is CCC[C@H](NC(=O)[C@@](N)(CCCCN)C(=O)C[C@H](C)c1ccccc1)C(=O)N[C@@H](CC(C)C)C(N)=O. The second-order valence-corrected chi connectivity index (χ2v) is 10.1. The Morgan fingerprint density at radius 3 is 2.14 bits per heavy atom. The smallest absolute Gasteiger partial charge is 0.248 e. The van der Waals surface area contributed by atoms with Crippen molar-refractivity contribution in [2.24, 2.45) is 23.1 Å². The van der Waals surface area contributed by atoms with Crippen LogP contribution in [0.2, 0.25) is 0 Å². The summed E-state index contributed by atoms with van der Waals surface area (Å²) in [5.74, 6) is -2.25. The summed E-state index contributed by atoms with van der Waals surface area (Å²) < 4.78 is 0. The summed E-state index contributed by atoms with van der Waals surface area (Å²) in [7, 11) is 0. The molecular weight excluding hydrogens is 458 g/mol. The molecule has 36 heavy (non-hydrogen) atoms. The number of unbranched alkanes of at least 4 members (excludes halogenated alkanes) is 1. The summed E-state index contributed by atoms with van der Waals surface area (Å²) in [6.07, 6.45) is 2.60. The number of carbonyl (C=O) groups is 4. The van der Waals surface area contributed by atoms with Gasteiger partial charge in [-0.2, -0.15) is 0 Å². The molecule has 0 aromatic heterocycles. The Labute approximate surface area is 215 Å². The molecule has 0 unspecified atom stereocenters. The molecule has 0 aliphatic rings. The molecule has 0 fully saturated rings. The van der Waals surface area contributed by atoms with E-state index < -0.39 is 35.3 Å². The maximum Gasteiger partial charge on any atom is 0.248 e. The van der Waals surface area contributed by atoms with Crippen LogP contribution in [0.15, 0.2) is 30.3 Å². The maximum absolute atomic E-state index is 13.4. The minimum Gasteiger partial charge on any atom is -0.368 e. The lowest BCUT2D eigenvalue weighted by Crippen LogP contribution is -2.63. The van der Waals surface area contributed by atoms with Crippen LogP contribution in [-0.2, 0) is 19.2 Å². The molecule has 3 amide bonds. The minimum absolute atomic E-state index is 0.0827. The van der Waals surface area contributed by atoms with Gasteiger partial charge in [0.1, 0.15) is 12.1 Å². The first-order valence-electron chi connectivity index (χ1n) is 12.9. The molecule has 0 heterocycles. The first-order chi connectivity index (χ1) is 17.0. The molecule has 0 bridgehead atoms. The molecule has 0 aliphatic heterocycles. The predicted octanol–water partition coefficient (Wildman–Crippen LogP) is 1.88. The molecule has 0 spiro atoms. The largest absolute Gasteiger partial charge is 0.368 e. The van der Waals surface area contributed by atoms with Crippen LogP contribution in [0.3, 0.4) is 0 Å². The van der Waals surface area contributed by atoms with E-state index >= 15 is 0 Å². The van der Waals surface area contributed by atoms with E-state index in [9.17, 15) is 19.2 Å². The van der Waals surface area contributed by atoms with Crippen molar-refractivity contribution in [3.8, 4) is 0 Å². The van der Waals surface area contributed by atoms with Crippen molar-refractivity contribution in [1.82, 2.24) is 10.6 Å². The zero-order chi connectivity index (χ0) is 27.3. The Balaban J connectivity index is 3.09. The molecule has 9 nitrogen and oxygen atoms in total. The molecule has 0 saturated heterocycles. The van der Waals surface area contributed by atoms with E-state index in [1.54, 1.807) is 0 Å². The lowest BCUT2D eigenvalue weighted by Gasteiger charge is -2.31. The van der Waals surface area contributed by atoms with E-state index in [-0.39, 0.29) is 30.5 Å². The number of hydrogen-bond acceptors (Lipinski definition) is 6. The second kappa shape index (κ2) is 15.4. The van der Waals surface area contributed by atoms with Gasteiger partial charge in [0, 0.05) is 6.42 Å². The Bertz CT molecular complexity index is 861. The number of Topliss-reactive ketones (excluding diaryl/α,β-unsaturated/α-hetero) is 1. The third-order valence-electron chi connectivity index (χ3n) is 6.35. The lowest BCUT2D eigenvalue weighted by molar-refractivity contribution is -0.139. The van der Waals surface area contributed by atoms with Crippen LogP contribution in [0.25, 0.3) is 0 Å². The minimum atomic E-state index is -1.80. The van der Waals surface area contributed by atoms with Gasteiger partial charge in [0.2, 0.25) is 17.7 Å². The van der Waals surface area contributed by atoms with Crippen LogP contribution in [0, 0.1) is 5.92 Å². The van der Waals surface area contributed by atoms with E-state index in [2.05, 4.69) is 10.6 Å². The van der Waals surface area contributed by atoms with Crippen LogP contribution in [-0.4, -0.2) is 47.7 Å². The third kappa shape index (κ3) is 9.70. The highest BCUT2D eigenvalue weighted by molar-refractivity contribution is 6.11. The number of nitrogens with two attached hydrogens (primary N) is 3. The number of nitrogens with one attached hydrogen (secondary N) is 2. The van der Waals surface area contributed by atoms with Gasteiger partial charge in [-0.1, -0.05) is 64.4 Å². The van der Waals surface area contributed by atoms with Crippen molar-refractivity contribution in [3.63, 3.8) is 0 Å². The molecule has 4 atom stereocenters. The van der Waals surface area contributed by atoms with E-state index in [1.165, 1.54) is 0 Å². The highest BCUT2D eigenvalue weighted by Crippen LogP contribution is 2.24. The van der Waals surface area contributed by atoms with Gasteiger partial charge in [-0.3, -0.25) is 19.2 Å². The van der Waals surface area contributed by atoms with Crippen molar-refractivity contribution < 1.29 is 19.2 Å². The predicted molar refractivity (Wildman–Crippen MR) is 142 cm³/mol. The van der Waals surface area contributed by atoms with E-state index in [0.29, 0.717) is 38.6 Å². The number of hydrogen-bond donors (Lipinski definition) is 5. The lowest BCUT2D eigenvalue weighted by atomic mass is 9.82. The molecule has 0 radical (unpaired) electrons. The molecule has 8 N–H and O–H groups in total. The monoisotopic (exact) mass is 503 g/mol. The van der Waals surface area contributed by atoms with Gasteiger partial charge in [0.05, 0.1) is 0 Å². The molecule has 1 aromatic rings.